The minimum atomic E-state index is -0.940. The number of carbonyl (C=O) groups excluding carboxylic acids is 1. The van der Waals surface area contributed by atoms with E-state index in [9.17, 15) is 9.90 Å². The fourth-order valence-electron chi connectivity index (χ4n) is 2.43. The van der Waals surface area contributed by atoms with Crippen molar-refractivity contribution >= 4 is 5.97 Å². The second-order valence-corrected chi connectivity index (χ2v) is 5.89. The van der Waals surface area contributed by atoms with Gasteiger partial charge >= 0.3 is 5.97 Å². The average molecular weight is 340 g/mol. The smallest absolute Gasteiger partial charge is 0.338 e. The van der Waals surface area contributed by atoms with Crippen LogP contribution in [0.5, 0.6) is 0 Å². The van der Waals surface area contributed by atoms with E-state index in [1.165, 1.54) is 0 Å². The maximum absolute atomic E-state index is 12.0. The molecule has 0 bridgehead atoms. The molecule has 0 fully saturated rings. The van der Waals surface area contributed by atoms with E-state index in [0.717, 1.165) is 5.56 Å². The fraction of sp³-hybridized carbons (Fsp3) is 0.286. The van der Waals surface area contributed by atoms with Crippen LogP contribution in [0.4, 0.5) is 0 Å². The molecule has 0 radical (unpaired) electrons. The van der Waals surface area contributed by atoms with Crippen LogP contribution in [0.15, 0.2) is 73.3 Å². The van der Waals surface area contributed by atoms with Gasteiger partial charge in [-0.1, -0.05) is 61.5 Å². The molecule has 132 valence electrons. The summed E-state index contributed by atoms with van der Waals surface area (Å²) in [5, 5.41) is 10.4. The first kappa shape index (κ1) is 18.9. The van der Waals surface area contributed by atoms with Crippen molar-refractivity contribution in [3.63, 3.8) is 0 Å². The maximum atomic E-state index is 12.0. The van der Waals surface area contributed by atoms with Gasteiger partial charge in [0.2, 0.25) is 0 Å². The maximum Gasteiger partial charge on any atom is 0.338 e. The van der Waals surface area contributed by atoms with Crippen molar-refractivity contribution in [1.82, 2.24) is 0 Å². The van der Waals surface area contributed by atoms with Gasteiger partial charge in [-0.2, -0.15) is 0 Å². The molecule has 4 nitrogen and oxygen atoms in total. The van der Waals surface area contributed by atoms with E-state index in [2.05, 4.69) is 6.58 Å². The van der Waals surface area contributed by atoms with Crippen molar-refractivity contribution in [1.29, 1.82) is 0 Å². The Hall–Kier alpha value is -2.43. The number of rotatable bonds is 9. The summed E-state index contributed by atoms with van der Waals surface area (Å²) in [6.07, 6.45) is 0.267. The van der Waals surface area contributed by atoms with Crippen LogP contribution in [-0.4, -0.2) is 29.9 Å². The number of hydrogen-bond donors (Lipinski definition) is 1. The van der Waals surface area contributed by atoms with Gasteiger partial charge in [0.05, 0.1) is 18.3 Å². The second-order valence-electron chi connectivity index (χ2n) is 5.89. The fourth-order valence-corrected chi connectivity index (χ4v) is 2.43. The molecule has 0 saturated carbocycles. The van der Waals surface area contributed by atoms with Gasteiger partial charge in [0, 0.05) is 5.92 Å². The molecule has 2 rings (SSSR count). The quantitative estimate of drug-likeness (QED) is 0.560. The predicted octanol–water partition coefficient (Wildman–Crippen LogP) is 3.61. The van der Waals surface area contributed by atoms with Crippen molar-refractivity contribution in [3.8, 4) is 0 Å². The lowest BCUT2D eigenvalue weighted by molar-refractivity contribution is -0.0839. The van der Waals surface area contributed by atoms with Gasteiger partial charge in [0.1, 0.15) is 12.7 Å². The Morgan fingerprint density at radius 2 is 1.72 bits per heavy atom. The Kier molecular flexibility index (Phi) is 7.38. The zero-order valence-corrected chi connectivity index (χ0v) is 14.4. The lowest BCUT2D eigenvalue weighted by Crippen LogP contribution is -2.38. The highest BCUT2D eigenvalue weighted by Crippen LogP contribution is 2.16. The van der Waals surface area contributed by atoms with Gasteiger partial charge in [0.25, 0.3) is 0 Å². The molecule has 0 spiro atoms. The zero-order valence-electron chi connectivity index (χ0n) is 14.4. The molecule has 0 aliphatic rings. The number of esters is 1. The van der Waals surface area contributed by atoms with Crippen LogP contribution in [0.1, 0.15) is 22.8 Å². The summed E-state index contributed by atoms with van der Waals surface area (Å²) in [5.41, 5.74) is 1.46. The summed E-state index contributed by atoms with van der Waals surface area (Å²) in [5.74, 6) is -0.554. The highest BCUT2D eigenvalue weighted by molar-refractivity contribution is 5.89. The van der Waals surface area contributed by atoms with E-state index in [4.69, 9.17) is 9.47 Å². The molecule has 3 atom stereocenters. The number of ether oxygens (including phenoxy) is 2. The van der Waals surface area contributed by atoms with Crippen molar-refractivity contribution in [2.45, 2.75) is 25.7 Å². The molecule has 2 aromatic carbocycles. The largest absolute Gasteiger partial charge is 0.459 e. The molecule has 0 aromatic heterocycles. The van der Waals surface area contributed by atoms with Crippen LogP contribution in [0.2, 0.25) is 0 Å². The molecular weight excluding hydrogens is 316 g/mol. The molecule has 2 aromatic rings. The monoisotopic (exact) mass is 340 g/mol. The lowest BCUT2D eigenvalue weighted by Gasteiger charge is -2.27. The van der Waals surface area contributed by atoms with Gasteiger partial charge in [-0.3, -0.25) is 0 Å². The molecule has 0 saturated heterocycles. The molecule has 1 N–H and O–H groups in total. The van der Waals surface area contributed by atoms with E-state index >= 15 is 0 Å². The van der Waals surface area contributed by atoms with Crippen LogP contribution in [0.3, 0.4) is 0 Å². The van der Waals surface area contributed by atoms with Gasteiger partial charge in [0.15, 0.2) is 0 Å². The Morgan fingerprint density at radius 3 is 2.32 bits per heavy atom. The van der Waals surface area contributed by atoms with Gasteiger partial charge in [-0.15, -0.1) is 6.58 Å². The summed E-state index contributed by atoms with van der Waals surface area (Å²) >= 11 is 0. The predicted molar refractivity (Wildman–Crippen MR) is 97.1 cm³/mol. The molecule has 0 aliphatic heterocycles. The molecule has 25 heavy (non-hydrogen) atoms. The first-order valence-corrected chi connectivity index (χ1v) is 8.30. The molecule has 0 amide bonds. The highest BCUT2D eigenvalue weighted by Gasteiger charge is 2.26. The van der Waals surface area contributed by atoms with Crippen LogP contribution in [0.25, 0.3) is 0 Å². The molecular formula is C21H24O4. The molecule has 4 heteroatoms. The number of carbonyl (C=O) groups is 1. The van der Waals surface area contributed by atoms with Gasteiger partial charge in [-0.25, -0.2) is 4.79 Å². The standard InChI is InChI=1S/C21H24O4/c1-3-16(2)20(24-14-17-10-6-4-7-11-17)19(22)15-25-21(23)18-12-8-5-9-13-18/h3-13,16,19-20,22H,1,14-15H2,2H3/t16-,19+,20-/m0/s1. The van der Waals surface area contributed by atoms with Crippen molar-refractivity contribution in [2.75, 3.05) is 6.61 Å². The normalized spacial score (nSPS) is 14.3. The van der Waals surface area contributed by atoms with E-state index in [0.29, 0.717) is 12.2 Å². The van der Waals surface area contributed by atoms with E-state index < -0.39 is 18.2 Å². The van der Waals surface area contributed by atoms with Crippen molar-refractivity contribution in [2.24, 2.45) is 5.92 Å². The molecule has 0 unspecified atom stereocenters. The minimum absolute atomic E-state index is 0.0888. The van der Waals surface area contributed by atoms with Crippen molar-refractivity contribution < 1.29 is 19.4 Å². The molecule has 0 aliphatic carbocycles. The summed E-state index contributed by atoms with van der Waals surface area (Å²) in [6, 6.07) is 18.4. The first-order chi connectivity index (χ1) is 12.1. The Balaban J connectivity index is 1.92. The minimum Gasteiger partial charge on any atom is -0.459 e. The van der Waals surface area contributed by atoms with Gasteiger partial charge in [-0.05, 0) is 17.7 Å². The number of aliphatic hydroxyl groups is 1. The van der Waals surface area contributed by atoms with Crippen LogP contribution in [0, 0.1) is 5.92 Å². The van der Waals surface area contributed by atoms with Crippen LogP contribution < -0.4 is 0 Å². The van der Waals surface area contributed by atoms with E-state index in [-0.39, 0.29) is 12.5 Å². The topological polar surface area (TPSA) is 55.8 Å². The van der Waals surface area contributed by atoms with Crippen LogP contribution >= 0.6 is 0 Å². The lowest BCUT2D eigenvalue weighted by atomic mass is 10.00. The SMILES string of the molecule is C=C[C@H](C)[C@H](OCc1ccccc1)[C@H](O)COC(=O)c1ccccc1. The van der Waals surface area contributed by atoms with E-state index in [1.54, 1.807) is 30.3 Å². The van der Waals surface area contributed by atoms with Gasteiger partial charge < -0.3 is 14.6 Å². The third-order valence-corrected chi connectivity index (χ3v) is 3.95. The highest BCUT2D eigenvalue weighted by atomic mass is 16.6. The summed E-state index contributed by atoms with van der Waals surface area (Å²) < 4.78 is 11.1. The first-order valence-electron chi connectivity index (χ1n) is 8.30. The second kappa shape index (κ2) is 9.77. The zero-order chi connectivity index (χ0) is 18.1. The third kappa shape index (κ3) is 5.85. The summed E-state index contributed by atoms with van der Waals surface area (Å²) in [4.78, 5) is 12.0. The number of aliphatic hydroxyl groups excluding tert-OH is 1. The van der Waals surface area contributed by atoms with Crippen molar-refractivity contribution in [3.05, 3.63) is 84.4 Å². The average Bonchev–Trinajstić information content (AvgIpc) is 2.67. The van der Waals surface area contributed by atoms with Crippen LogP contribution in [-0.2, 0) is 16.1 Å². The number of benzene rings is 2. The summed E-state index contributed by atoms with van der Waals surface area (Å²) in [6.45, 7) is 5.91. The Bertz CT molecular complexity index is 654. The summed E-state index contributed by atoms with van der Waals surface area (Å²) in [7, 11) is 0. The Morgan fingerprint density at radius 1 is 1.12 bits per heavy atom. The Labute approximate surface area is 148 Å². The number of hydrogen-bond acceptors (Lipinski definition) is 4. The molecule has 0 heterocycles. The third-order valence-electron chi connectivity index (χ3n) is 3.95. The van der Waals surface area contributed by atoms with E-state index in [1.807, 2.05) is 43.3 Å².